The van der Waals surface area contributed by atoms with Crippen LogP contribution >= 0.6 is 0 Å². The minimum absolute atomic E-state index is 0.0329. The van der Waals surface area contributed by atoms with Crippen LogP contribution in [-0.2, 0) is 16.1 Å². The number of nitrogens with zero attached hydrogens (tertiary/aromatic N) is 1. The van der Waals surface area contributed by atoms with Gasteiger partial charge < -0.3 is 15.6 Å². The Balaban J connectivity index is 1.67. The van der Waals surface area contributed by atoms with Gasteiger partial charge in [0.15, 0.2) is 0 Å². The van der Waals surface area contributed by atoms with Crippen LogP contribution in [0.5, 0.6) is 0 Å². The van der Waals surface area contributed by atoms with Crippen molar-refractivity contribution in [2.75, 3.05) is 10.6 Å². The molecular weight excluding hydrogens is 348 g/mol. The number of carbonyl (C=O) groups is 2. The SMILES string of the molecule is CC(=O)Nc1ccc(NC(=O)CCn2c(=O)[nH]c3ccccc3c2=O)cc1. The minimum Gasteiger partial charge on any atom is -0.326 e. The number of anilines is 2. The van der Waals surface area contributed by atoms with E-state index >= 15 is 0 Å². The molecule has 1 heterocycles. The summed E-state index contributed by atoms with van der Waals surface area (Å²) in [5, 5.41) is 5.72. The molecule has 3 aromatic rings. The van der Waals surface area contributed by atoms with Crippen molar-refractivity contribution in [3.63, 3.8) is 0 Å². The van der Waals surface area contributed by atoms with Gasteiger partial charge >= 0.3 is 5.69 Å². The second kappa shape index (κ2) is 7.69. The van der Waals surface area contributed by atoms with Crippen molar-refractivity contribution in [3.05, 3.63) is 69.4 Å². The molecule has 138 valence electrons. The molecule has 0 saturated carbocycles. The summed E-state index contributed by atoms with van der Waals surface area (Å²) in [5.41, 5.74) is 0.657. The third-order valence-corrected chi connectivity index (χ3v) is 3.94. The number of carbonyl (C=O) groups excluding carboxylic acids is 2. The van der Waals surface area contributed by atoms with Gasteiger partial charge in [-0.3, -0.25) is 19.0 Å². The van der Waals surface area contributed by atoms with Crippen LogP contribution in [0.1, 0.15) is 13.3 Å². The van der Waals surface area contributed by atoms with E-state index in [2.05, 4.69) is 15.6 Å². The van der Waals surface area contributed by atoms with Gasteiger partial charge in [-0.2, -0.15) is 0 Å². The average Bonchev–Trinajstić information content (AvgIpc) is 2.63. The van der Waals surface area contributed by atoms with Gasteiger partial charge in [-0.1, -0.05) is 12.1 Å². The highest BCUT2D eigenvalue weighted by molar-refractivity contribution is 5.92. The summed E-state index contributed by atoms with van der Waals surface area (Å²) in [6.07, 6.45) is -0.0330. The summed E-state index contributed by atoms with van der Waals surface area (Å²) < 4.78 is 1.02. The molecule has 2 aromatic carbocycles. The predicted octanol–water partition coefficient (Wildman–Crippen LogP) is 1.68. The highest BCUT2D eigenvalue weighted by Crippen LogP contribution is 2.13. The van der Waals surface area contributed by atoms with E-state index in [1.54, 1.807) is 48.5 Å². The molecule has 0 fully saturated rings. The molecule has 0 aliphatic carbocycles. The van der Waals surface area contributed by atoms with Crippen LogP contribution in [0.4, 0.5) is 11.4 Å². The van der Waals surface area contributed by atoms with Crippen LogP contribution in [-0.4, -0.2) is 21.4 Å². The van der Waals surface area contributed by atoms with Gasteiger partial charge in [0.25, 0.3) is 5.56 Å². The first-order chi connectivity index (χ1) is 12.9. The molecule has 0 unspecified atom stereocenters. The largest absolute Gasteiger partial charge is 0.328 e. The lowest BCUT2D eigenvalue weighted by Gasteiger charge is -2.08. The fourth-order valence-corrected chi connectivity index (χ4v) is 2.68. The lowest BCUT2D eigenvalue weighted by Crippen LogP contribution is -2.36. The maximum absolute atomic E-state index is 12.4. The molecule has 0 bridgehead atoms. The second-order valence-corrected chi connectivity index (χ2v) is 5.99. The summed E-state index contributed by atoms with van der Waals surface area (Å²) in [7, 11) is 0. The molecule has 27 heavy (non-hydrogen) atoms. The summed E-state index contributed by atoms with van der Waals surface area (Å²) in [6.45, 7) is 1.38. The van der Waals surface area contributed by atoms with Gasteiger partial charge in [0.2, 0.25) is 11.8 Å². The Morgan fingerprint density at radius 1 is 0.963 bits per heavy atom. The number of fused-ring (bicyclic) bond motifs is 1. The van der Waals surface area contributed by atoms with Gasteiger partial charge in [0.05, 0.1) is 10.9 Å². The summed E-state index contributed by atoms with van der Waals surface area (Å²) in [4.78, 5) is 50.3. The normalized spacial score (nSPS) is 10.6. The Labute approximate surface area is 153 Å². The molecule has 0 radical (unpaired) electrons. The van der Waals surface area contributed by atoms with Crippen LogP contribution in [0.2, 0.25) is 0 Å². The molecule has 1 aromatic heterocycles. The number of nitrogens with one attached hydrogen (secondary N) is 3. The Morgan fingerprint density at radius 2 is 1.59 bits per heavy atom. The molecule has 3 rings (SSSR count). The number of hydrogen-bond acceptors (Lipinski definition) is 4. The van der Waals surface area contributed by atoms with Gasteiger partial charge in [-0.05, 0) is 36.4 Å². The first-order valence-corrected chi connectivity index (χ1v) is 8.33. The van der Waals surface area contributed by atoms with Crippen molar-refractivity contribution in [3.8, 4) is 0 Å². The lowest BCUT2D eigenvalue weighted by atomic mass is 10.2. The second-order valence-electron chi connectivity index (χ2n) is 5.99. The fraction of sp³-hybridized carbons (Fsp3) is 0.158. The zero-order chi connectivity index (χ0) is 19.4. The fourth-order valence-electron chi connectivity index (χ4n) is 2.68. The first kappa shape index (κ1) is 18.1. The maximum atomic E-state index is 12.4. The number of benzene rings is 2. The van der Waals surface area contributed by atoms with Crippen molar-refractivity contribution in [2.45, 2.75) is 19.9 Å². The van der Waals surface area contributed by atoms with Gasteiger partial charge in [0.1, 0.15) is 0 Å². The van der Waals surface area contributed by atoms with Crippen molar-refractivity contribution in [1.82, 2.24) is 9.55 Å². The number of para-hydroxylation sites is 1. The van der Waals surface area contributed by atoms with E-state index in [1.807, 2.05) is 0 Å². The smallest absolute Gasteiger partial charge is 0.326 e. The van der Waals surface area contributed by atoms with Crippen molar-refractivity contribution < 1.29 is 9.59 Å². The van der Waals surface area contributed by atoms with Crippen LogP contribution < -0.4 is 21.9 Å². The monoisotopic (exact) mass is 366 g/mol. The standard InChI is InChI=1S/C19H18N4O4/c1-12(24)20-13-6-8-14(9-7-13)21-17(25)10-11-23-18(26)15-4-2-3-5-16(15)22-19(23)27/h2-9H,10-11H2,1H3,(H,20,24)(H,21,25)(H,22,27). The summed E-state index contributed by atoms with van der Waals surface area (Å²) in [5.74, 6) is -0.514. The molecule has 0 spiro atoms. The summed E-state index contributed by atoms with van der Waals surface area (Å²) in [6, 6.07) is 13.3. The lowest BCUT2D eigenvalue weighted by molar-refractivity contribution is -0.116. The Hall–Kier alpha value is -3.68. The van der Waals surface area contributed by atoms with Crippen molar-refractivity contribution >= 4 is 34.1 Å². The molecule has 0 aliphatic heterocycles. The number of H-pyrrole nitrogens is 1. The van der Waals surface area contributed by atoms with Crippen LogP contribution in [0.25, 0.3) is 10.9 Å². The average molecular weight is 366 g/mol. The molecule has 0 atom stereocenters. The third kappa shape index (κ3) is 4.30. The first-order valence-electron chi connectivity index (χ1n) is 8.33. The maximum Gasteiger partial charge on any atom is 0.328 e. The topological polar surface area (TPSA) is 113 Å². The highest BCUT2D eigenvalue weighted by Gasteiger charge is 2.09. The van der Waals surface area contributed by atoms with E-state index in [4.69, 9.17) is 0 Å². The number of aromatic nitrogens is 2. The van der Waals surface area contributed by atoms with Crippen molar-refractivity contribution in [2.24, 2.45) is 0 Å². The Morgan fingerprint density at radius 3 is 2.26 bits per heavy atom. The number of rotatable bonds is 5. The van der Waals surface area contributed by atoms with E-state index in [1.165, 1.54) is 6.92 Å². The highest BCUT2D eigenvalue weighted by atomic mass is 16.2. The molecule has 0 aliphatic rings. The third-order valence-electron chi connectivity index (χ3n) is 3.94. The van der Waals surface area contributed by atoms with E-state index in [0.29, 0.717) is 22.3 Å². The van der Waals surface area contributed by atoms with E-state index in [0.717, 1.165) is 4.57 Å². The zero-order valence-electron chi connectivity index (χ0n) is 14.6. The minimum atomic E-state index is -0.550. The van der Waals surface area contributed by atoms with Crippen molar-refractivity contribution in [1.29, 1.82) is 0 Å². The quantitative estimate of drug-likeness (QED) is 0.637. The number of amides is 2. The molecule has 3 N–H and O–H groups in total. The molecular formula is C19H18N4O4. The Kier molecular flexibility index (Phi) is 5.16. The predicted molar refractivity (Wildman–Crippen MR) is 103 cm³/mol. The molecule has 0 saturated heterocycles. The zero-order valence-corrected chi connectivity index (χ0v) is 14.6. The van der Waals surface area contributed by atoms with E-state index in [-0.39, 0.29) is 24.8 Å². The Bertz CT molecular complexity index is 1110. The van der Waals surface area contributed by atoms with E-state index in [9.17, 15) is 19.2 Å². The number of aromatic amines is 1. The van der Waals surface area contributed by atoms with Crippen LogP contribution in [0.3, 0.4) is 0 Å². The summed E-state index contributed by atoms with van der Waals surface area (Å²) >= 11 is 0. The van der Waals surface area contributed by atoms with Gasteiger partial charge in [-0.25, -0.2) is 4.79 Å². The number of hydrogen-bond donors (Lipinski definition) is 3. The molecule has 2 amide bonds. The van der Waals surface area contributed by atoms with Gasteiger partial charge in [0, 0.05) is 31.3 Å². The van der Waals surface area contributed by atoms with Gasteiger partial charge in [-0.15, -0.1) is 0 Å². The molecule has 8 nitrogen and oxygen atoms in total. The van der Waals surface area contributed by atoms with Crippen LogP contribution in [0.15, 0.2) is 58.1 Å². The van der Waals surface area contributed by atoms with E-state index < -0.39 is 11.2 Å². The molecule has 8 heteroatoms. The van der Waals surface area contributed by atoms with Crippen LogP contribution in [0, 0.1) is 0 Å².